The Hall–Kier alpha value is -2.22. The Morgan fingerprint density at radius 2 is 1.78 bits per heavy atom. The first-order valence-corrected chi connectivity index (χ1v) is 10.5. The van der Waals surface area contributed by atoms with Gasteiger partial charge in [0.2, 0.25) is 10.0 Å². The first-order valence-electron chi connectivity index (χ1n) is 8.99. The molecule has 0 heterocycles. The fraction of sp³-hybridized carbons (Fsp3) is 0.350. The van der Waals surface area contributed by atoms with Crippen LogP contribution in [0.15, 0.2) is 59.5 Å². The number of benzene rings is 2. The van der Waals surface area contributed by atoms with E-state index in [4.69, 9.17) is 4.74 Å². The summed E-state index contributed by atoms with van der Waals surface area (Å²) in [5, 5.41) is 2.51. The van der Waals surface area contributed by atoms with Gasteiger partial charge in [0.1, 0.15) is 0 Å². The summed E-state index contributed by atoms with van der Waals surface area (Å²) in [6.07, 6.45) is 2.34. The van der Waals surface area contributed by atoms with Crippen LogP contribution in [0.5, 0.6) is 0 Å². The molecule has 0 radical (unpaired) electrons. The van der Waals surface area contributed by atoms with Crippen LogP contribution in [0.2, 0.25) is 0 Å². The molecule has 1 fully saturated rings. The summed E-state index contributed by atoms with van der Waals surface area (Å²) in [5.41, 5.74) is 1.48. The summed E-state index contributed by atoms with van der Waals surface area (Å²) < 4.78 is 34.1. The topological polar surface area (TPSA) is 84.5 Å². The Balaban J connectivity index is 1.64. The van der Waals surface area contributed by atoms with Crippen molar-refractivity contribution in [3.63, 3.8) is 0 Å². The van der Waals surface area contributed by atoms with Gasteiger partial charge in [-0.15, -0.1) is 0 Å². The largest absolute Gasteiger partial charge is 0.372 e. The number of ether oxygens (including phenoxy) is 1. The van der Waals surface area contributed by atoms with Crippen LogP contribution >= 0.6 is 0 Å². The number of rotatable bonds is 7. The number of hydrogen-bond acceptors (Lipinski definition) is 4. The third kappa shape index (κ3) is 4.94. The van der Waals surface area contributed by atoms with Crippen LogP contribution in [-0.4, -0.2) is 33.5 Å². The number of sulfonamides is 1. The predicted octanol–water partition coefficient (Wildman–Crippen LogP) is 2.46. The molecule has 0 spiro atoms. The van der Waals surface area contributed by atoms with E-state index in [2.05, 4.69) is 10.0 Å². The van der Waals surface area contributed by atoms with E-state index in [1.54, 1.807) is 0 Å². The highest BCUT2D eigenvalue weighted by Crippen LogP contribution is 2.25. The van der Waals surface area contributed by atoms with Gasteiger partial charge in [0.05, 0.1) is 17.6 Å². The molecule has 144 valence electrons. The third-order valence-corrected chi connectivity index (χ3v) is 6.23. The molecular weight excluding hydrogens is 364 g/mol. The smallest absolute Gasteiger partial charge is 0.251 e. The van der Waals surface area contributed by atoms with Gasteiger partial charge in [0.15, 0.2) is 0 Å². The zero-order valence-corrected chi connectivity index (χ0v) is 16.0. The Bertz CT molecular complexity index is 867. The molecule has 1 amide bonds. The molecule has 7 heteroatoms. The van der Waals surface area contributed by atoms with Crippen molar-refractivity contribution in [2.75, 3.05) is 7.05 Å². The van der Waals surface area contributed by atoms with Crippen LogP contribution in [0.4, 0.5) is 0 Å². The maximum atomic E-state index is 12.7. The molecular formula is C20H24N2O4S. The van der Waals surface area contributed by atoms with Gasteiger partial charge in [0.25, 0.3) is 5.91 Å². The van der Waals surface area contributed by atoms with Gasteiger partial charge in [-0.3, -0.25) is 4.79 Å². The SMILES string of the molecule is CNC(=O)c1ccc(S(=O)(=O)NC2CCCC2OCc2ccccc2)cc1. The summed E-state index contributed by atoms with van der Waals surface area (Å²) >= 11 is 0. The number of hydrogen-bond donors (Lipinski definition) is 2. The molecule has 0 aliphatic heterocycles. The normalized spacial score (nSPS) is 19.7. The van der Waals surface area contributed by atoms with E-state index in [-0.39, 0.29) is 22.9 Å². The number of carbonyl (C=O) groups is 1. The van der Waals surface area contributed by atoms with Crippen molar-refractivity contribution >= 4 is 15.9 Å². The van der Waals surface area contributed by atoms with Gasteiger partial charge in [0, 0.05) is 18.7 Å². The van der Waals surface area contributed by atoms with E-state index < -0.39 is 10.0 Å². The quantitative estimate of drug-likeness (QED) is 0.763. The van der Waals surface area contributed by atoms with E-state index in [1.165, 1.54) is 31.3 Å². The lowest BCUT2D eigenvalue weighted by Gasteiger charge is -2.21. The van der Waals surface area contributed by atoms with Crippen LogP contribution in [-0.2, 0) is 21.4 Å². The maximum Gasteiger partial charge on any atom is 0.251 e. The summed E-state index contributed by atoms with van der Waals surface area (Å²) in [4.78, 5) is 11.7. The molecule has 0 aromatic heterocycles. The Morgan fingerprint density at radius 1 is 1.07 bits per heavy atom. The summed E-state index contributed by atoms with van der Waals surface area (Å²) in [6.45, 7) is 0.463. The molecule has 1 saturated carbocycles. The molecule has 2 aromatic rings. The van der Waals surface area contributed by atoms with Crippen LogP contribution in [0.3, 0.4) is 0 Å². The average molecular weight is 388 g/mol. The van der Waals surface area contributed by atoms with Gasteiger partial charge >= 0.3 is 0 Å². The number of nitrogens with one attached hydrogen (secondary N) is 2. The molecule has 6 nitrogen and oxygen atoms in total. The molecule has 3 rings (SSSR count). The molecule has 1 aliphatic rings. The fourth-order valence-electron chi connectivity index (χ4n) is 3.23. The van der Waals surface area contributed by atoms with Crippen LogP contribution in [0.1, 0.15) is 35.2 Å². The molecule has 2 atom stereocenters. The van der Waals surface area contributed by atoms with Gasteiger partial charge in [-0.25, -0.2) is 13.1 Å². The minimum atomic E-state index is -3.67. The first kappa shape index (κ1) is 19.5. The zero-order chi connectivity index (χ0) is 19.3. The van der Waals surface area contributed by atoms with E-state index in [0.717, 1.165) is 24.8 Å². The van der Waals surface area contributed by atoms with Crippen molar-refractivity contribution in [3.05, 3.63) is 65.7 Å². The third-order valence-electron chi connectivity index (χ3n) is 4.72. The molecule has 0 bridgehead atoms. The second kappa shape index (κ2) is 8.65. The second-order valence-electron chi connectivity index (χ2n) is 6.60. The average Bonchev–Trinajstić information content (AvgIpc) is 3.13. The van der Waals surface area contributed by atoms with E-state index >= 15 is 0 Å². The lowest BCUT2D eigenvalue weighted by atomic mass is 10.2. The van der Waals surface area contributed by atoms with Crippen LogP contribution in [0.25, 0.3) is 0 Å². The predicted molar refractivity (Wildman–Crippen MR) is 103 cm³/mol. The molecule has 2 N–H and O–H groups in total. The lowest BCUT2D eigenvalue weighted by molar-refractivity contribution is 0.0325. The molecule has 2 aromatic carbocycles. The molecule has 2 unspecified atom stereocenters. The first-order chi connectivity index (χ1) is 13.0. The Morgan fingerprint density at radius 3 is 2.44 bits per heavy atom. The standard InChI is InChI=1S/C20H24N2O4S/c1-21-20(23)16-10-12-17(13-11-16)27(24,25)22-18-8-5-9-19(18)26-14-15-6-3-2-4-7-15/h2-4,6-7,10-13,18-19,22H,5,8-9,14H2,1H3,(H,21,23). The minimum absolute atomic E-state index is 0.142. The van der Waals surface area contributed by atoms with Gasteiger partial charge in [-0.2, -0.15) is 0 Å². The van der Waals surface area contributed by atoms with Crippen molar-refractivity contribution in [1.82, 2.24) is 10.0 Å². The lowest BCUT2D eigenvalue weighted by Crippen LogP contribution is -2.41. The van der Waals surface area contributed by atoms with Gasteiger partial charge in [-0.1, -0.05) is 30.3 Å². The minimum Gasteiger partial charge on any atom is -0.372 e. The van der Waals surface area contributed by atoms with Crippen molar-refractivity contribution in [2.45, 2.75) is 42.9 Å². The highest BCUT2D eigenvalue weighted by Gasteiger charge is 2.32. The Kier molecular flexibility index (Phi) is 6.26. The van der Waals surface area contributed by atoms with Crippen LogP contribution in [0, 0.1) is 0 Å². The highest BCUT2D eigenvalue weighted by molar-refractivity contribution is 7.89. The second-order valence-corrected chi connectivity index (χ2v) is 8.31. The van der Waals surface area contributed by atoms with Gasteiger partial charge < -0.3 is 10.1 Å². The highest BCUT2D eigenvalue weighted by atomic mass is 32.2. The molecule has 27 heavy (non-hydrogen) atoms. The van der Waals surface area contributed by atoms with Crippen molar-refractivity contribution < 1.29 is 17.9 Å². The summed E-state index contributed by atoms with van der Waals surface area (Å²) in [5.74, 6) is -0.253. The maximum absolute atomic E-state index is 12.7. The number of carbonyl (C=O) groups excluding carboxylic acids is 1. The summed E-state index contributed by atoms with van der Waals surface area (Å²) in [6, 6.07) is 15.5. The molecule has 1 aliphatic carbocycles. The zero-order valence-electron chi connectivity index (χ0n) is 15.2. The van der Waals surface area contributed by atoms with Crippen LogP contribution < -0.4 is 10.0 Å². The Labute approximate surface area is 160 Å². The monoisotopic (exact) mass is 388 g/mol. The van der Waals surface area contributed by atoms with E-state index in [9.17, 15) is 13.2 Å². The van der Waals surface area contributed by atoms with E-state index in [1.807, 2.05) is 30.3 Å². The number of amides is 1. The summed E-state index contributed by atoms with van der Waals surface area (Å²) in [7, 11) is -2.14. The van der Waals surface area contributed by atoms with Crippen molar-refractivity contribution in [3.8, 4) is 0 Å². The van der Waals surface area contributed by atoms with Crippen molar-refractivity contribution in [1.29, 1.82) is 0 Å². The van der Waals surface area contributed by atoms with Crippen molar-refractivity contribution in [2.24, 2.45) is 0 Å². The van der Waals surface area contributed by atoms with Gasteiger partial charge in [-0.05, 0) is 49.1 Å². The molecule has 0 saturated heterocycles. The van der Waals surface area contributed by atoms with E-state index in [0.29, 0.717) is 12.2 Å². The fourth-order valence-corrected chi connectivity index (χ4v) is 4.53.